The molecule has 1 aromatic rings. The van der Waals surface area contributed by atoms with Gasteiger partial charge < -0.3 is 5.32 Å². The van der Waals surface area contributed by atoms with Gasteiger partial charge in [-0.15, -0.1) is 0 Å². The van der Waals surface area contributed by atoms with Crippen LogP contribution in [0.1, 0.15) is 51.5 Å². The molecule has 3 heteroatoms. The van der Waals surface area contributed by atoms with E-state index in [-0.39, 0.29) is 5.82 Å². The predicted molar refractivity (Wildman–Crippen MR) is 91.8 cm³/mol. The lowest BCUT2D eigenvalue weighted by Gasteiger charge is -2.26. The minimum absolute atomic E-state index is 0.202. The first-order valence-corrected chi connectivity index (χ1v) is 8.74. The second kappa shape index (κ2) is 8.09. The van der Waals surface area contributed by atoms with Gasteiger partial charge in [0.1, 0.15) is 5.82 Å². The summed E-state index contributed by atoms with van der Waals surface area (Å²) in [4.78, 5) is 0. The Kier molecular flexibility index (Phi) is 6.43. The van der Waals surface area contributed by atoms with Gasteiger partial charge in [0, 0.05) is 12.6 Å². The smallest absolute Gasteiger partial charge is 0.137 e. The molecule has 0 spiro atoms. The van der Waals surface area contributed by atoms with E-state index >= 15 is 0 Å². The van der Waals surface area contributed by atoms with Gasteiger partial charge in [-0.3, -0.25) is 0 Å². The molecule has 0 radical (unpaired) electrons. The monoisotopic (exact) mass is 353 g/mol. The standard InChI is InChI=1S/C18H25BrFN/c1-13(2)21-12-16(15-6-4-3-5-7-15)10-14-8-9-18(20)17(19)11-14/h8-11,13,15,21H,3-7,12H2,1-2H3/b16-10-. The Bertz CT molecular complexity index is 490. The summed E-state index contributed by atoms with van der Waals surface area (Å²) in [6.45, 7) is 5.28. The molecule has 0 saturated heterocycles. The lowest BCUT2D eigenvalue weighted by molar-refractivity contribution is 0.394. The Hall–Kier alpha value is -0.670. The molecule has 1 fully saturated rings. The van der Waals surface area contributed by atoms with Crippen molar-refractivity contribution < 1.29 is 4.39 Å². The van der Waals surface area contributed by atoms with E-state index in [0.29, 0.717) is 16.4 Å². The maximum Gasteiger partial charge on any atom is 0.137 e. The first-order valence-electron chi connectivity index (χ1n) is 7.95. The average Bonchev–Trinajstić information content (AvgIpc) is 2.48. The van der Waals surface area contributed by atoms with Crippen LogP contribution in [0.4, 0.5) is 4.39 Å². The summed E-state index contributed by atoms with van der Waals surface area (Å²) in [6, 6.07) is 5.74. The van der Waals surface area contributed by atoms with Gasteiger partial charge >= 0.3 is 0 Å². The molecule has 0 atom stereocenters. The third kappa shape index (κ3) is 5.23. The maximum atomic E-state index is 13.4. The molecule has 0 unspecified atom stereocenters. The summed E-state index contributed by atoms with van der Waals surface area (Å²) < 4.78 is 13.9. The van der Waals surface area contributed by atoms with E-state index in [0.717, 1.165) is 12.1 Å². The van der Waals surface area contributed by atoms with E-state index in [4.69, 9.17) is 0 Å². The van der Waals surface area contributed by atoms with E-state index in [2.05, 4.69) is 41.2 Å². The van der Waals surface area contributed by atoms with Crippen molar-refractivity contribution in [3.63, 3.8) is 0 Å². The van der Waals surface area contributed by atoms with Crippen molar-refractivity contribution in [3.05, 3.63) is 39.6 Å². The van der Waals surface area contributed by atoms with Gasteiger partial charge in [0.15, 0.2) is 0 Å². The number of hydrogen-bond donors (Lipinski definition) is 1. The molecule has 1 saturated carbocycles. The lowest BCUT2D eigenvalue weighted by Crippen LogP contribution is -2.27. The molecule has 1 nitrogen and oxygen atoms in total. The molecular weight excluding hydrogens is 329 g/mol. The van der Waals surface area contributed by atoms with E-state index in [1.165, 1.54) is 43.7 Å². The van der Waals surface area contributed by atoms with Gasteiger partial charge in [0.05, 0.1) is 4.47 Å². The minimum Gasteiger partial charge on any atom is -0.311 e. The molecule has 1 aliphatic carbocycles. The van der Waals surface area contributed by atoms with Crippen LogP contribution in [-0.4, -0.2) is 12.6 Å². The van der Waals surface area contributed by atoms with E-state index in [1.807, 2.05) is 12.1 Å². The average molecular weight is 354 g/mol. The van der Waals surface area contributed by atoms with Crippen molar-refractivity contribution in [1.82, 2.24) is 5.32 Å². The summed E-state index contributed by atoms with van der Waals surface area (Å²) in [6.07, 6.45) is 8.84. The van der Waals surface area contributed by atoms with Crippen LogP contribution in [0.25, 0.3) is 6.08 Å². The fourth-order valence-corrected chi connectivity index (χ4v) is 3.32. The zero-order valence-corrected chi connectivity index (χ0v) is 14.5. The van der Waals surface area contributed by atoms with Crippen LogP contribution in [0.2, 0.25) is 0 Å². The highest BCUT2D eigenvalue weighted by atomic mass is 79.9. The highest BCUT2D eigenvalue weighted by molar-refractivity contribution is 9.10. The van der Waals surface area contributed by atoms with Gasteiger partial charge in [-0.1, -0.05) is 50.8 Å². The SMILES string of the molecule is CC(C)NC/C(=C/c1ccc(F)c(Br)c1)C1CCCCC1. The molecule has 2 rings (SSSR count). The highest BCUT2D eigenvalue weighted by Gasteiger charge is 2.18. The predicted octanol–water partition coefficient (Wildman–Crippen LogP) is 5.55. The van der Waals surface area contributed by atoms with Crippen molar-refractivity contribution in [2.75, 3.05) is 6.54 Å². The van der Waals surface area contributed by atoms with Gasteiger partial charge in [-0.05, 0) is 52.4 Å². The first-order chi connectivity index (χ1) is 10.1. The van der Waals surface area contributed by atoms with Crippen LogP contribution < -0.4 is 5.32 Å². The zero-order chi connectivity index (χ0) is 15.2. The van der Waals surface area contributed by atoms with Crippen molar-refractivity contribution >= 4 is 22.0 Å². The number of halogens is 2. The molecule has 21 heavy (non-hydrogen) atoms. The Morgan fingerprint density at radius 2 is 2.05 bits per heavy atom. The maximum absolute atomic E-state index is 13.4. The summed E-state index contributed by atoms with van der Waals surface area (Å²) in [5, 5.41) is 3.54. The third-order valence-electron chi connectivity index (χ3n) is 4.14. The molecule has 0 aliphatic heterocycles. The summed E-state index contributed by atoms with van der Waals surface area (Å²) in [7, 11) is 0. The molecule has 1 aromatic carbocycles. The first kappa shape index (κ1) is 16.7. The second-order valence-electron chi connectivity index (χ2n) is 6.26. The summed E-state index contributed by atoms with van der Waals surface area (Å²) in [5.41, 5.74) is 2.54. The third-order valence-corrected chi connectivity index (χ3v) is 4.75. The van der Waals surface area contributed by atoms with E-state index in [1.54, 1.807) is 0 Å². The highest BCUT2D eigenvalue weighted by Crippen LogP contribution is 2.31. The van der Waals surface area contributed by atoms with Crippen molar-refractivity contribution in [2.24, 2.45) is 5.92 Å². The normalized spacial score (nSPS) is 17.5. The van der Waals surface area contributed by atoms with E-state index in [9.17, 15) is 4.39 Å². The Morgan fingerprint density at radius 3 is 2.67 bits per heavy atom. The van der Waals surface area contributed by atoms with Crippen LogP contribution in [0.5, 0.6) is 0 Å². The van der Waals surface area contributed by atoms with Crippen molar-refractivity contribution in [1.29, 1.82) is 0 Å². The fraction of sp³-hybridized carbons (Fsp3) is 0.556. The topological polar surface area (TPSA) is 12.0 Å². The van der Waals surface area contributed by atoms with Crippen LogP contribution in [0.15, 0.2) is 28.2 Å². The van der Waals surface area contributed by atoms with Gasteiger partial charge in [0.2, 0.25) is 0 Å². The zero-order valence-electron chi connectivity index (χ0n) is 13.0. The quantitative estimate of drug-likeness (QED) is 0.731. The number of rotatable bonds is 5. The van der Waals surface area contributed by atoms with Crippen LogP contribution in [-0.2, 0) is 0 Å². The summed E-state index contributed by atoms with van der Waals surface area (Å²) in [5.74, 6) is 0.473. The van der Waals surface area contributed by atoms with Gasteiger partial charge in [0.25, 0.3) is 0 Å². The molecule has 116 valence electrons. The number of hydrogen-bond acceptors (Lipinski definition) is 1. The number of benzene rings is 1. The minimum atomic E-state index is -0.202. The second-order valence-corrected chi connectivity index (χ2v) is 7.12. The van der Waals surface area contributed by atoms with E-state index < -0.39 is 0 Å². The van der Waals surface area contributed by atoms with Crippen molar-refractivity contribution in [3.8, 4) is 0 Å². The molecule has 0 aromatic heterocycles. The molecule has 0 bridgehead atoms. The molecule has 1 N–H and O–H groups in total. The lowest BCUT2D eigenvalue weighted by atomic mass is 9.83. The molecular formula is C18H25BrFN. The molecule has 1 aliphatic rings. The Labute approximate surface area is 136 Å². The Morgan fingerprint density at radius 1 is 1.33 bits per heavy atom. The largest absolute Gasteiger partial charge is 0.311 e. The van der Waals surface area contributed by atoms with Crippen LogP contribution >= 0.6 is 15.9 Å². The van der Waals surface area contributed by atoms with Crippen molar-refractivity contribution in [2.45, 2.75) is 52.0 Å². The Balaban J connectivity index is 2.19. The molecule has 0 heterocycles. The summed E-state index contributed by atoms with van der Waals surface area (Å²) >= 11 is 3.27. The van der Waals surface area contributed by atoms with Crippen LogP contribution in [0.3, 0.4) is 0 Å². The fourth-order valence-electron chi connectivity index (χ4n) is 2.92. The molecule has 0 amide bonds. The number of nitrogens with one attached hydrogen (secondary N) is 1. The van der Waals surface area contributed by atoms with Gasteiger partial charge in [-0.2, -0.15) is 0 Å². The van der Waals surface area contributed by atoms with Gasteiger partial charge in [-0.25, -0.2) is 4.39 Å². The van der Waals surface area contributed by atoms with Crippen LogP contribution in [0, 0.1) is 11.7 Å².